The molecule has 2 aromatic carbocycles. The monoisotopic (exact) mass is 1090 g/mol. The lowest BCUT2D eigenvalue weighted by atomic mass is 9.91. The molecule has 4 heterocycles. The Kier molecular flexibility index (Phi) is 25.0. The summed E-state index contributed by atoms with van der Waals surface area (Å²) in [5.74, 6) is 3.55. The zero-order valence-corrected chi connectivity index (χ0v) is 45.3. The van der Waals surface area contributed by atoms with Crippen molar-refractivity contribution in [2.45, 2.75) is 96.7 Å². The number of hydrogen-bond acceptors (Lipinski definition) is 19. The molecule has 78 heavy (non-hydrogen) atoms. The van der Waals surface area contributed by atoms with Crippen molar-refractivity contribution in [3.8, 4) is 6.01 Å². The van der Waals surface area contributed by atoms with E-state index < -0.39 is 35.6 Å². The number of nitrogens with zero attached hydrogens (tertiary/aromatic N) is 5. The largest absolute Gasteiger partial charge is 0.463 e. The second-order valence-electron chi connectivity index (χ2n) is 19.7. The fourth-order valence-electron chi connectivity index (χ4n) is 8.80. The molecule has 2 aliphatic rings. The standard InChI is InChI=1S/C53H80N12O13/c1-4-5-20-75-50-61-46(55)45-47(62-50)65(51(69)60-45)32-39-11-9-38(10-12-39)31-63-34-53(35-63)36-64(19-22-77-53)52(70)76-33-40-13-15-41(16-14-40)57-48(67)42(8-6-7-18-54)58-49(68)44(37(2)3)59-43(66)17-21-71-23-24-72-25-26-73-27-28-74-29-30-78-56/h9-16,37,42,44H,4-8,17-36,54,56H2,1-3H3,(H,57,67)(H,58,68)(H,59,66)(H,60,69)(H2,55,61,62). The molecule has 2 aromatic heterocycles. The maximum absolute atomic E-state index is 13.6. The van der Waals surface area contributed by atoms with Crippen LogP contribution in [0.1, 0.15) is 76.0 Å². The summed E-state index contributed by atoms with van der Waals surface area (Å²) in [6.45, 7) is 13.1. The van der Waals surface area contributed by atoms with Crippen LogP contribution in [0.2, 0.25) is 0 Å². The number of imidazole rings is 1. The summed E-state index contributed by atoms with van der Waals surface area (Å²) in [7, 11) is 0. The van der Waals surface area contributed by atoms with Gasteiger partial charge in [-0.3, -0.25) is 23.9 Å². The average molecular weight is 1090 g/mol. The van der Waals surface area contributed by atoms with Crippen molar-refractivity contribution < 1.29 is 57.2 Å². The molecule has 4 aromatic rings. The number of ether oxygens (including phenoxy) is 7. The molecular weight excluding hydrogens is 1010 g/mol. The molecule has 25 heteroatoms. The molecule has 0 radical (unpaired) electrons. The van der Waals surface area contributed by atoms with Gasteiger partial charge >= 0.3 is 17.8 Å². The number of likely N-dealkylation sites (tertiary alicyclic amines) is 1. The number of aromatic nitrogens is 4. The molecule has 2 fully saturated rings. The van der Waals surface area contributed by atoms with Gasteiger partial charge < -0.3 is 75.3 Å². The second-order valence-corrected chi connectivity index (χ2v) is 19.7. The van der Waals surface area contributed by atoms with E-state index in [9.17, 15) is 24.0 Å². The van der Waals surface area contributed by atoms with Gasteiger partial charge in [0.2, 0.25) is 17.7 Å². The molecule has 430 valence electrons. The first-order valence-electron chi connectivity index (χ1n) is 26.9. The summed E-state index contributed by atoms with van der Waals surface area (Å²) in [5.41, 5.74) is 15.0. The van der Waals surface area contributed by atoms with Gasteiger partial charge in [0, 0.05) is 38.3 Å². The van der Waals surface area contributed by atoms with Gasteiger partial charge in [0.1, 0.15) is 29.8 Å². The first-order valence-corrected chi connectivity index (χ1v) is 26.9. The number of aromatic amines is 1. The second kappa shape index (κ2) is 31.9. The molecule has 2 unspecified atom stereocenters. The van der Waals surface area contributed by atoms with E-state index in [1.807, 2.05) is 38.1 Å². The summed E-state index contributed by atoms with van der Waals surface area (Å²) >= 11 is 0. The molecule has 1 spiro atoms. The molecule has 25 nitrogen and oxygen atoms in total. The number of carbonyl (C=O) groups is 4. The molecule has 2 saturated heterocycles. The highest BCUT2D eigenvalue weighted by molar-refractivity contribution is 5.98. The third-order valence-corrected chi connectivity index (χ3v) is 13.0. The van der Waals surface area contributed by atoms with Crippen molar-refractivity contribution in [2.75, 3.05) is 116 Å². The summed E-state index contributed by atoms with van der Waals surface area (Å²) in [6, 6.07) is 13.3. The molecular formula is C53H80N12O13. The maximum Gasteiger partial charge on any atom is 0.410 e. The van der Waals surface area contributed by atoms with Crippen LogP contribution in [0.3, 0.4) is 0 Å². The zero-order chi connectivity index (χ0) is 55.7. The van der Waals surface area contributed by atoms with E-state index in [2.05, 4.69) is 47.6 Å². The Hall–Kier alpha value is -6.29. The minimum atomic E-state index is -0.896. The van der Waals surface area contributed by atoms with Crippen LogP contribution < -0.4 is 43.7 Å². The van der Waals surface area contributed by atoms with Crippen LogP contribution >= 0.6 is 0 Å². The lowest BCUT2D eigenvalue weighted by molar-refractivity contribution is -0.181. The zero-order valence-electron chi connectivity index (χ0n) is 45.3. The van der Waals surface area contributed by atoms with E-state index in [0.29, 0.717) is 135 Å². The third kappa shape index (κ3) is 19.3. The minimum absolute atomic E-state index is 0.0203. The highest BCUT2D eigenvalue weighted by atomic mass is 16.6. The number of anilines is 2. The van der Waals surface area contributed by atoms with Gasteiger partial charge in [-0.1, -0.05) is 63.6 Å². The predicted molar refractivity (Wildman–Crippen MR) is 289 cm³/mol. The molecule has 6 rings (SSSR count). The van der Waals surface area contributed by atoms with Crippen molar-refractivity contribution >= 4 is 46.5 Å². The van der Waals surface area contributed by atoms with Crippen LogP contribution in [0.15, 0.2) is 53.3 Å². The summed E-state index contributed by atoms with van der Waals surface area (Å²) in [6.07, 6.45) is 2.98. The molecule has 2 atom stereocenters. The van der Waals surface area contributed by atoms with Crippen LogP contribution in [-0.4, -0.2) is 176 Å². The van der Waals surface area contributed by atoms with E-state index in [1.165, 1.54) is 4.57 Å². The fraction of sp³-hybridized carbons (Fsp3) is 0.604. The Balaban J connectivity index is 0.891. The Labute approximate surface area is 454 Å². The van der Waals surface area contributed by atoms with Crippen molar-refractivity contribution in [1.82, 2.24) is 40.0 Å². The first-order chi connectivity index (χ1) is 37.8. The van der Waals surface area contributed by atoms with Gasteiger partial charge in [0.15, 0.2) is 11.5 Å². The maximum atomic E-state index is 13.6. The topological polar surface area (TPSA) is 326 Å². The Morgan fingerprint density at radius 1 is 0.782 bits per heavy atom. The van der Waals surface area contributed by atoms with Crippen LogP contribution in [0.5, 0.6) is 6.01 Å². The lowest BCUT2D eigenvalue weighted by Crippen LogP contribution is -2.70. The van der Waals surface area contributed by atoms with E-state index >= 15 is 0 Å². The molecule has 2 aliphatic heterocycles. The number of nitrogen functional groups attached to an aromatic ring is 1. The Morgan fingerprint density at radius 2 is 1.42 bits per heavy atom. The van der Waals surface area contributed by atoms with Gasteiger partial charge in [-0.05, 0) is 67.0 Å². The Morgan fingerprint density at radius 3 is 2.06 bits per heavy atom. The molecule has 0 saturated carbocycles. The SMILES string of the molecule is CCCCOc1nc(N)c2[nH]c(=O)n(Cc3ccc(CN4CC5(C4)CN(C(=O)OCc4ccc(NC(=O)C(CCCCN)NC(=O)C(NC(=O)CCOCCOCCOCCOCCON)C(C)C)cc4)CCO5)cc3)c2n1. The van der Waals surface area contributed by atoms with Crippen LogP contribution in [0, 0.1) is 5.92 Å². The smallest absolute Gasteiger partial charge is 0.410 e. The number of H-pyrrole nitrogens is 1. The van der Waals surface area contributed by atoms with Crippen LogP contribution in [0.25, 0.3) is 11.2 Å². The van der Waals surface area contributed by atoms with E-state index in [0.717, 1.165) is 29.5 Å². The predicted octanol–water partition coefficient (Wildman–Crippen LogP) is 2.19. The van der Waals surface area contributed by atoms with E-state index in [-0.39, 0.29) is 62.1 Å². The van der Waals surface area contributed by atoms with Gasteiger partial charge in [-0.25, -0.2) is 15.5 Å². The number of morpholine rings is 1. The summed E-state index contributed by atoms with van der Waals surface area (Å²) < 4.78 is 40.8. The van der Waals surface area contributed by atoms with Gasteiger partial charge in [0.05, 0.1) is 85.8 Å². The summed E-state index contributed by atoms with van der Waals surface area (Å²) in [4.78, 5) is 86.1. The number of fused-ring (bicyclic) bond motifs is 1. The molecule has 4 amide bonds. The van der Waals surface area contributed by atoms with Crippen molar-refractivity contribution in [3.63, 3.8) is 0 Å². The third-order valence-electron chi connectivity index (χ3n) is 13.0. The van der Waals surface area contributed by atoms with E-state index in [4.69, 9.17) is 50.5 Å². The van der Waals surface area contributed by atoms with Crippen LogP contribution in [-0.2, 0) is 67.3 Å². The number of hydrogen-bond donors (Lipinski definition) is 7. The average Bonchev–Trinajstić information content (AvgIpc) is 3.76. The van der Waals surface area contributed by atoms with Crippen molar-refractivity contribution in [3.05, 3.63) is 75.7 Å². The number of amides is 4. The van der Waals surface area contributed by atoms with Gasteiger partial charge in [0.25, 0.3) is 0 Å². The van der Waals surface area contributed by atoms with Gasteiger partial charge in [-0.2, -0.15) is 9.97 Å². The molecule has 10 N–H and O–H groups in total. The van der Waals surface area contributed by atoms with Crippen LogP contribution in [0.4, 0.5) is 16.3 Å². The fourth-order valence-corrected chi connectivity index (χ4v) is 8.80. The lowest BCUT2D eigenvalue weighted by Gasteiger charge is -2.53. The van der Waals surface area contributed by atoms with Crippen molar-refractivity contribution in [1.29, 1.82) is 0 Å². The molecule has 0 bridgehead atoms. The molecule has 0 aliphatic carbocycles. The number of nitrogens with two attached hydrogens (primary N) is 3. The number of nitrogens with one attached hydrogen (secondary N) is 4. The number of benzene rings is 2. The minimum Gasteiger partial charge on any atom is -0.463 e. The van der Waals surface area contributed by atoms with E-state index in [1.54, 1.807) is 29.2 Å². The first kappa shape index (κ1) is 60.9. The Bertz CT molecular complexity index is 2540. The number of unbranched alkanes of at least 4 members (excludes halogenated alkanes) is 2. The summed E-state index contributed by atoms with van der Waals surface area (Å²) in [5, 5.41) is 8.53. The normalized spacial score (nSPS) is 15.0. The van der Waals surface area contributed by atoms with Gasteiger partial charge in [-0.15, -0.1) is 0 Å². The highest BCUT2D eigenvalue weighted by Gasteiger charge is 2.48. The highest BCUT2D eigenvalue weighted by Crippen LogP contribution is 2.31. The quantitative estimate of drug-likeness (QED) is 0.0256. The number of carbonyl (C=O) groups excluding carboxylic acids is 4. The number of rotatable bonds is 35. The van der Waals surface area contributed by atoms with Crippen molar-refractivity contribution in [2.24, 2.45) is 17.5 Å².